The predicted octanol–water partition coefficient (Wildman–Crippen LogP) is 8.92. The lowest BCUT2D eigenvalue weighted by molar-refractivity contribution is -0.189. The second kappa shape index (κ2) is 15.0. The number of rotatable bonds is 14. The van der Waals surface area contributed by atoms with Crippen LogP contribution < -0.4 is 9.64 Å². The molecule has 0 bridgehead atoms. The molecule has 1 aliphatic heterocycles. The van der Waals surface area contributed by atoms with E-state index < -0.39 is 17.2 Å². The van der Waals surface area contributed by atoms with E-state index in [1.165, 1.54) is 12.1 Å². The first-order valence-electron chi connectivity index (χ1n) is 17.7. The van der Waals surface area contributed by atoms with Gasteiger partial charge in [0.25, 0.3) is 0 Å². The molecule has 51 heavy (non-hydrogen) atoms. The fourth-order valence-corrected chi connectivity index (χ4v) is 6.91. The molecule has 9 nitrogen and oxygen atoms in total. The molecule has 1 N–H and O–H groups in total. The lowest BCUT2D eigenvalue weighted by Gasteiger charge is -2.43. The fraction of sp³-hybridized carbons (Fsp3) is 0.439. The van der Waals surface area contributed by atoms with E-state index in [1.54, 1.807) is 22.7 Å². The van der Waals surface area contributed by atoms with Gasteiger partial charge in [-0.1, -0.05) is 37.3 Å². The number of carbonyl (C=O) groups is 1. The Morgan fingerprint density at radius 3 is 2.43 bits per heavy atom. The number of fused-ring (bicyclic) bond motifs is 1. The van der Waals surface area contributed by atoms with Gasteiger partial charge in [-0.2, -0.15) is 9.61 Å². The highest BCUT2D eigenvalue weighted by molar-refractivity contribution is 5.83. The fourth-order valence-electron chi connectivity index (χ4n) is 6.91. The molecule has 2 aromatic heterocycles. The Hall–Kier alpha value is -4.54. The zero-order valence-corrected chi connectivity index (χ0v) is 31.0. The summed E-state index contributed by atoms with van der Waals surface area (Å²) >= 11 is 0. The molecule has 4 aromatic rings. The van der Waals surface area contributed by atoms with Crippen molar-refractivity contribution in [3.63, 3.8) is 0 Å². The van der Waals surface area contributed by atoms with Crippen molar-refractivity contribution >= 4 is 17.4 Å². The Labute approximate surface area is 300 Å². The molecule has 2 atom stereocenters. The zero-order valence-electron chi connectivity index (χ0n) is 31.0. The van der Waals surface area contributed by atoms with E-state index in [1.807, 2.05) is 71.9 Å². The van der Waals surface area contributed by atoms with Crippen molar-refractivity contribution in [1.29, 1.82) is 0 Å². The van der Waals surface area contributed by atoms with Gasteiger partial charge in [0.1, 0.15) is 17.4 Å². The van der Waals surface area contributed by atoms with Gasteiger partial charge in [-0.15, -0.1) is 13.2 Å². The van der Waals surface area contributed by atoms with Gasteiger partial charge in [0.15, 0.2) is 11.2 Å². The van der Waals surface area contributed by atoms with Crippen molar-refractivity contribution in [3.8, 4) is 28.1 Å². The molecular formula is C41H51FN4O5. The summed E-state index contributed by atoms with van der Waals surface area (Å²) in [5, 5.41) is 16.0. The number of carboxylic acids is 1. The molecule has 272 valence electrons. The van der Waals surface area contributed by atoms with Crippen LogP contribution in [0.2, 0.25) is 0 Å². The maximum absolute atomic E-state index is 14.4. The molecule has 10 heteroatoms. The van der Waals surface area contributed by atoms with Crippen LogP contribution >= 0.6 is 0 Å². The lowest BCUT2D eigenvalue weighted by Crippen LogP contribution is -2.49. The molecule has 0 spiro atoms. The molecule has 0 aliphatic carbocycles. The van der Waals surface area contributed by atoms with E-state index in [0.29, 0.717) is 60.3 Å². The van der Waals surface area contributed by atoms with Crippen LogP contribution in [0.25, 0.3) is 28.0 Å². The van der Waals surface area contributed by atoms with Crippen LogP contribution in [0.15, 0.2) is 73.8 Å². The number of hydrogen-bond donors (Lipinski definition) is 1. The summed E-state index contributed by atoms with van der Waals surface area (Å²) in [6.45, 7) is 22.6. The number of aromatic nitrogens is 3. The molecule has 2 aromatic carbocycles. The number of piperidine rings is 1. The van der Waals surface area contributed by atoms with Crippen LogP contribution in [0.5, 0.6) is 5.75 Å². The average Bonchev–Trinajstić information content (AvgIpc) is 3.50. The third-order valence-electron chi connectivity index (χ3n) is 9.40. The number of anilines is 1. The number of benzene rings is 2. The Bertz CT molecular complexity index is 1910. The van der Waals surface area contributed by atoms with Crippen LogP contribution in [0.4, 0.5) is 10.2 Å². The van der Waals surface area contributed by atoms with Gasteiger partial charge in [0, 0.05) is 42.8 Å². The maximum Gasteiger partial charge on any atom is 0.340 e. The van der Waals surface area contributed by atoms with Gasteiger partial charge in [0.05, 0.1) is 40.9 Å². The van der Waals surface area contributed by atoms with E-state index >= 15 is 0 Å². The first-order valence-corrected chi connectivity index (χ1v) is 17.7. The molecule has 0 saturated carbocycles. The molecule has 1 saturated heterocycles. The maximum atomic E-state index is 14.4. The summed E-state index contributed by atoms with van der Waals surface area (Å²) in [5.41, 5.74) is 1.87. The normalized spacial score (nSPS) is 16.4. The molecule has 0 radical (unpaired) electrons. The lowest BCUT2D eigenvalue weighted by atomic mass is 9.87. The van der Waals surface area contributed by atoms with Gasteiger partial charge < -0.3 is 24.2 Å². The number of nitrogens with zero attached hydrogens (tertiary/aromatic N) is 4. The minimum Gasteiger partial charge on any atom is -0.490 e. The SMILES string of the molecule is C=CCOC1(C)CCN(c2c(C(CC)(OC(C)(C)C)C(=O)O)c(C)nc3cc(-c4cccc(-c5ccc(F)cc5OC(C)CC=C)c4)nn23)CC1. The number of halogens is 1. The summed E-state index contributed by atoms with van der Waals surface area (Å²) in [6.07, 6.45) is 5.59. The predicted molar refractivity (Wildman–Crippen MR) is 200 cm³/mol. The summed E-state index contributed by atoms with van der Waals surface area (Å²) in [7, 11) is 0. The number of ether oxygens (including phenoxy) is 3. The zero-order chi connectivity index (χ0) is 37.1. The second-order valence-corrected chi connectivity index (χ2v) is 14.6. The highest BCUT2D eigenvalue weighted by Gasteiger charge is 2.48. The Kier molecular flexibility index (Phi) is 11.1. The average molecular weight is 699 g/mol. The number of aliphatic carboxylic acids is 1. The van der Waals surface area contributed by atoms with Crippen LogP contribution in [0.1, 0.15) is 78.5 Å². The molecule has 2 unspecified atom stereocenters. The topological polar surface area (TPSA) is 98.4 Å². The van der Waals surface area contributed by atoms with E-state index in [4.69, 9.17) is 24.3 Å². The smallest absolute Gasteiger partial charge is 0.340 e. The summed E-state index contributed by atoms with van der Waals surface area (Å²) in [5.74, 6) is -0.379. The van der Waals surface area contributed by atoms with E-state index in [2.05, 4.69) is 25.0 Å². The monoisotopic (exact) mass is 698 g/mol. The van der Waals surface area contributed by atoms with Crippen molar-refractivity contribution < 1.29 is 28.5 Å². The van der Waals surface area contributed by atoms with Crippen molar-refractivity contribution in [3.05, 3.63) is 90.9 Å². The van der Waals surface area contributed by atoms with Crippen LogP contribution in [0, 0.1) is 12.7 Å². The Morgan fingerprint density at radius 1 is 1.10 bits per heavy atom. The molecule has 5 rings (SSSR count). The second-order valence-electron chi connectivity index (χ2n) is 14.6. The van der Waals surface area contributed by atoms with Gasteiger partial charge in [-0.05, 0) is 84.6 Å². The molecular weight excluding hydrogens is 647 g/mol. The number of hydrogen-bond acceptors (Lipinski definition) is 7. The van der Waals surface area contributed by atoms with E-state index in [0.717, 1.165) is 29.5 Å². The van der Waals surface area contributed by atoms with Crippen molar-refractivity contribution in [2.75, 3.05) is 24.6 Å². The van der Waals surface area contributed by atoms with Gasteiger partial charge in [0.2, 0.25) is 0 Å². The number of aryl methyl sites for hydroxylation is 1. The minimum atomic E-state index is -1.69. The highest BCUT2D eigenvalue weighted by Crippen LogP contribution is 2.43. The largest absolute Gasteiger partial charge is 0.490 e. The summed E-state index contributed by atoms with van der Waals surface area (Å²) in [4.78, 5) is 20.5. The third kappa shape index (κ3) is 8.02. The molecule has 3 heterocycles. The van der Waals surface area contributed by atoms with Gasteiger partial charge in [-0.3, -0.25) is 0 Å². The third-order valence-corrected chi connectivity index (χ3v) is 9.40. The van der Waals surface area contributed by atoms with Crippen molar-refractivity contribution in [1.82, 2.24) is 14.6 Å². The van der Waals surface area contributed by atoms with Crippen LogP contribution in [-0.2, 0) is 19.9 Å². The minimum absolute atomic E-state index is 0.179. The standard InChI is InChI=1S/C41H51FN4O5/c1-10-14-27(4)50-34-25-31(42)17-18-32(34)29-15-13-16-30(24-29)33-26-35-43-28(5)36(41(12-3,38(47)48)51-39(6,7)8)37(46(35)44-33)45-21-19-40(9,20-22-45)49-23-11-2/h10-11,13,15-18,24-27H,1-2,12,14,19-23H2,3-9H3,(H,47,48). The van der Waals surface area contributed by atoms with E-state index in [9.17, 15) is 14.3 Å². The first kappa shape index (κ1) is 37.7. The number of carboxylic acid groups (broad SMARTS) is 1. The van der Waals surface area contributed by atoms with Crippen LogP contribution in [-0.4, -0.2) is 62.7 Å². The Morgan fingerprint density at radius 2 is 1.80 bits per heavy atom. The van der Waals surface area contributed by atoms with Gasteiger partial charge >= 0.3 is 5.97 Å². The van der Waals surface area contributed by atoms with Crippen molar-refractivity contribution in [2.45, 2.75) is 97.1 Å². The summed E-state index contributed by atoms with van der Waals surface area (Å²) in [6, 6.07) is 14.3. The highest BCUT2D eigenvalue weighted by atomic mass is 19.1. The van der Waals surface area contributed by atoms with Crippen LogP contribution in [0.3, 0.4) is 0 Å². The van der Waals surface area contributed by atoms with E-state index in [-0.39, 0.29) is 23.9 Å². The molecule has 1 aliphatic rings. The molecule has 1 fully saturated rings. The first-order chi connectivity index (χ1) is 24.1. The summed E-state index contributed by atoms with van der Waals surface area (Å²) < 4.78 is 35.0. The molecule has 0 amide bonds. The van der Waals surface area contributed by atoms with Crippen molar-refractivity contribution in [2.24, 2.45) is 0 Å². The Balaban J connectivity index is 1.68. The quantitative estimate of drug-likeness (QED) is 0.130. The van der Waals surface area contributed by atoms with Gasteiger partial charge in [-0.25, -0.2) is 14.2 Å².